The number of nitrogen functional groups attached to an aromatic ring is 1. The van der Waals surface area contributed by atoms with Gasteiger partial charge in [-0.2, -0.15) is 10.2 Å². The van der Waals surface area contributed by atoms with Gasteiger partial charge in [-0.15, -0.1) is 5.11 Å². The lowest BCUT2D eigenvalue weighted by Crippen LogP contribution is -1.95. The molecule has 0 bridgehead atoms. The number of benzene rings is 2. The molecule has 1 aromatic heterocycles. The van der Waals surface area contributed by atoms with Crippen molar-refractivity contribution in [2.75, 3.05) is 5.73 Å². The van der Waals surface area contributed by atoms with E-state index in [1.807, 2.05) is 0 Å². The summed E-state index contributed by atoms with van der Waals surface area (Å²) in [7, 11) is 0. The van der Waals surface area contributed by atoms with Crippen LogP contribution in [0, 0.1) is 5.82 Å². The van der Waals surface area contributed by atoms with Crippen LogP contribution in [0.1, 0.15) is 10.4 Å². The summed E-state index contributed by atoms with van der Waals surface area (Å²) in [5.74, 6) is -1.31. The van der Waals surface area contributed by atoms with Crippen molar-refractivity contribution in [1.82, 2.24) is 10.2 Å². The van der Waals surface area contributed by atoms with Gasteiger partial charge in [0, 0.05) is 11.6 Å². The lowest BCUT2D eigenvalue weighted by atomic mass is 10.1. The monoisotopic (exact) mass is 325 g/mol. The Bertz CT molecular complexity index is 918. The molecule has 0 aliphatic rings. The van der Waals surface area contributed by atoms with Crippen molar-refractivity contribution in [3.63, 3.8) is 0 Å². The Balaban J connectivity index is 1.95. The lowest BCUT2D eigenvalue weighted by molar-refractivity contribution is 0.0697. The Morgan fingerprint density at radius 3 is 2.58 bits per heavy atom. The molecule has 3 rings (SSSR count). The number of hydrogen-bond donors (Lipinski definition) is 3. The number of H-pyrrole nitrogens is 1. The number of halogens is 1. The molecule has 1 heterocycles. The standard InChI is InChI=1S/C16H12FN5O2/c17-11-2-1-3-12(8-11)19-21-14-13(20-22-15(14)18)9-4-6-10(7-5-9)16(23)24/h1-8H,(H,23,24)(H3,18,20,22). The molecule has 0 fully saturated rings. The minimum Gasteiger partial charge on any atom is -0.478 e. The maximum absolute atomic E-state index is 13.2. The number of azo groups is 1. The molecule has 4 N–H and O–H groups in total. The van der Waals surface area contributed by atoms with Gasteiger partial charge in [-0.1, -0.05) is 18.2 Å². The highest BCUT2D eigenvalue weighted by molar-refractivity contribution is 5.89. The number of anilines is 1. The van der Waals surface area contributed by atoms with E-state index in [0.717, 1.165) is 0 Å². The van der Waals surface area contributed by atoms with Gasteiger partial charge in [0.15, 0.2) is 11.5 Å². The van der Waals surface area contributed by atoms with E-state index in [1.54, 1.807) is 18.2 Å². The molecule has 0 aliphatic carbocycles. The molecule has 0 saturated heterocycles. The molecule has 0 aliphatic heterocycles. The Morgan fingerprint density at radius 2 is 1.92 bits per heavy atom. The summed E-state index contributed by atoms with van der Waals surface area (Å²) in [5.41, 5.74) is 7.72. The fourth-order valence-corrected chi connectivity index (χ4v) is 2.08. The average Bonchev–Trinajstić information content (AvgIpc) is 2.94. The normalized spacial score (nSPS) is 11.0. The van der Waals surface area contributed by atoms with Gasteiger partial charge in [-0.3, -0.25) is 5.10 Å². The highest BCUT2D eigenvalue weighted by atomic mass is 19.1. The first-order valence-corrected chi connectivity index (χ1v) is 6.89. The van der Waals surface area contributed by atoms with Crippen molar-refractivity contribution in [2.24, 2.45) is 10.2 Å². The Kier molecular flexibility index (Phi) is 4.02. The number of carboxylic acid groups (broad SMARTS) is 1. The Morgan fingerprint density at radius 1 is 1.17 bits per heavy atom. The first-order chi connectivity index (χ1) is 11.5. The lowest BCUT2D eigenvalue weighted by Gasteiger charge is -2.01. The summed E-state index contributed by atoms with van der Waals surface area (Å²) in [4.78, 5) is 10.9. The second-order valence-electron chi connectivity index (χ2n) is 4.89. The highest BCUT2D eigenvalue weighted by Crippen LogP contribution is 2.34. The van der Waals surface area contributed by atoms with Gasteiger partial charge in [0.05, 0.1) is 16.9 Å². The summed E-state index contributed by atoms with van der Waals surface area (Å²) < 4.78 is 13.2. The third-order valence-corrected chi connectivity index (χ3v) is 3.26. The van der Waals surface area contributed by atoms with Crippen LogP contribution < -0.4 is 5.73 Å². The number of nitrogens with zero attached hydrogens (tertiary/aromatic N) is 3. The Hall–Kier alpha value is -3.55. The molecule has 0 unspecified atom stereocenters. The zero-order valence-corrected chi connectivity index (χ0v) is 12.3. The average molecular weight is 325 g/mol. The second-order valence-corrected chi connectivity index (χ2v) is 4.89. The number of nitrogens with two attached hydrogens (primary N) is 1. The zero-order chi connectivity index (χ0) is 17.1. The maximum atomic E-state index is 13.2. The number of carbonyl (C=O) groups is 1. The quantitative estimate of drug-likeness (QED) is 0.630. The van der Waals surface area contributed by atoms with Gasteiger partial charge >= 0.3 is 5.97 Å². The number of aromatic carboxylic acids is 1. The molecule has 120 valence electrons. The molecule has 0 spiro atoms. The van der Waals surface area contributed by atoms with Crippen molar-refractivity contribution in [3.8, 4) is 11.3 Å². The number of nitrogens with one attached hydrogen (secondary N) is 1. The Labute approximate surface area is 135 Å². The van der Waals surface area contributed by atoms with E-state index in [2.05, 4.69) is 20.4 Å². The number of carboxylic acids is 1. The molecule has 0 radical (unpaired) electrons. The van der Waals surface area contributed by atoms with Crippen LogP contribution in [0.2, 0.25) is 0 Å². The third-order valence-electron chi connectivity index (χ3n) is 3.26. The minimum atomic E-state index is -1.02. The molecule has 0 amide bonds. The van der Waals surface area contributed by atoms with Crippen LogP contribution >= 0.6 is 0 Å². The van der Waals surface area contributed by atoms with E-state index in [-0.39, 0.29) is 11.4 Å². The topological polar surface area (TPSA) is 117 Å². The summed E-state index contributed by atoms with van der Waals surface area (Å²) in [6.45, 7) is 0. The number of rotatable bonds is 4. The molecule has 24 heavy (non-hydrogen) atoms. The molecule has 3 aromatic rings. The van der Waals surface area contributed by atoms with Gasteiger partial charge < -0.3 is 10.8 Å². The van der Waals surface area contributed by atoms with Crippen molar-refractivity contribution in [2.45, 2.75) is 0 Å². The van der Waals surface area contributed by atoms with E-state index in [1.165, 1.54) is 30.3 Å². The van der Waals surface area contributed by atoms with E-state index < -0.39 is 11.8 Å². The molecular weight excluding hydrogens is 313 g/mol. The highest BCUT2D eigenvalue weighted by Gasteiger charge is 2.13. The molecule has 8 heteroatoms. The maximum Gasteiger partial charge on any atom is 0.335 e. The summed E-state index contributed by atoms with van der Waals surface area (Å²) in [6.07, 6.45) is 0. The summed E-state index contributed by atoms with van der Waals surface area (Å²) in [6, 6.07) is 11.8. The van der Waals surface area contributed by atoms with Crippen LogP contribution in [0.4, 0.5) is 21.6 Å². The van der Waals surface area contributed by atoms with E-state index in [0.29, 0.717) is 22.6 Å². The van der Waals surface area contributed by atoms with Gasteiger partial charge in [-0.05, 0) is 24.3 Å². The van der Waals surface area contributed by atoms with E-state index >= 15 is 0 Å². The van der Waals surface area contributed by atoms with Crippen molar-refractivity contribution < 1.29 is 14.3 Å². The summed E-state index contributed by atoms with van der Waals surface area (Å²) in [5, 5.41) is 23.5. The number of aromatic amines is 1. The SMILES string of the molecule is Nc1n[nH]c(-c2ccc(C(=O)O)cc2)c1N=Nc1cccc(F)c1. The predicted molar refractivity (Wildman–Crippen MR) is 86.0 cm³/mol. The first kappa shape index (κ1) is 15.3. The molecule has 0 atom stereocenters. The van der Waals surface area contributed by atoms with Gasteiger partial charge in [-0.25, -0.2) is 9.18 Å². The van der Waals surface area contributed by atoms with Crippen LogP contribution in [0.3, 0.4) is 0 Å². The van der Waals surface area contributed by atoms with E-state index in [4.69, 9.17) is 10.8 Å². The first-order valence-electron chi connectivity index (χ1n) is 6.89. The van der Waals surface area contributed by atoms with Crippen molar-refractivity contribution in [1.29, 1.82) is 0 Å². The third kappa shape index (κ3) is 3.12. The summed E-state index contributed by atoms with van der Waals surface area (Å²) >= 11 is 0. The van der Waals surface area contributed by atoms with Crippen LogP contribution in [-0.4, -0.2) is 21.3 Å². The van der Waals surface area contributed by atoms with Crippen LogP contribution in [-0.2, 0) is 0 Å². The smallest absolute Gasteiger partial charge is 0.335 e. The number of hydrogen-bond acceptors (Lipinski definition) is 5. The van der Waals surface area contributed by atoms with Gasteiger partial charge in [0.2, 0.25) is 0 Å². The second kappa shape index (κ2) is 6.29. The molecule has 0 saturated carbocycles. The van der Waals surface area contributed by atoms with Crippen LogP contribution in [0.15, 0.2) is 58.8 Å². The molecular formula is C16H12FN5O2. The fraction of sp³-hybridized carbons (Fsp3) is 0. The minimum absolute atomic E-state index is 0.132. The number of aromatic nitrogens is 2. The van der Waals surface area contributed by atoms with Gasteiger partial charge in [0.25, 0.3) is 0 Å². The van der Waals surface area contributed by atoms with Crippen LogP contribution in [0.5, 0.6) is 0 Å². The largest absolute Gasteiger partial charge is 0.478 e. The molecule has 2 aromatic carbocycles. The fourth-order valence-electron chi connectivity index (χ4n) is 2.08. The molecule has 7 nitrogen and oxygen atoms in total. The van der Waals surface area contributed by atoms with Gasteiger partial charge in [0.1, 0.15) is 5.82 Å². The van der Waals surface area contributed by atoms with Crippen molar-refractivity contribution in [3.05, 3.63) is 59.9 Å². The van der Waals surface area contributed by atoms with Crippen molar-refractivity contribution >= 4 is 23.2 Å². The van der Waals surface area contributed by atoms with Crippen LogP contribution in [0.25, 0.3) is 11.3 Å². The zero-order valence-electron chi connectivity index (χ0n) is 12.3. The van der Waals surface area contributed by atoms with E-state index in [9.17, 15) is 9.18 Å². The predicted octanol–water partition coefficient (Wildman–Crippen LogP) is 3.91.